The second kappa shape index (κ2) is 2.25. The van der Waals surface area contributed by atoms with E-state index in [0.717, 1.165) is 17.7 Å². The van der Waals surface area contributed by atoms with Gasteiger partial charge in [-0.05, 0) is 12.1 Å². The summed E-state index contributed by atoms with van der Waals surface area (Å²) in [7, 11) is 0. The van der Waals surface area contributed by atoms with Gasteiger partial charge in [0.05, 0.1) is 12.2 Å². The average Bonchev–Trinajstić information content (AvgIpc) is 2.47. The normalized spacial score (nSPS) is 23.4. The van der Waals surface area contributed by atoms with Crippen molar-refractivity contribution in [2.45, 2.75) is 12.5 Å². The van der Waals surface area contributed by atoms with Gasteiger partial charge in [0.1, 0.15) is 11.9 Å². The molecule has 13 heavy (non-hydrogen) atoms. The maximum absolute atomic E-state index is 11.3. The highest BCUT2D eigenvalue weighted by Crippen LogP contribution is 2.41. The third-order valence-corrected chi connectivity index (χ3v) is 2.49. The maximum Gasteiger partial charge on any atom is 0.339 e. The Morgan fingerprint density at radius 1 is 1.38 bits per heavy atom. The van der Waals surface area contributed by atoms with Crippen LogP contribution in [0, 0.1) is 0 Å². The van der Waals surface area contributed by atoms with E-state index in [1.54, 1.807) is 6.07 Å². The Labute approximate surface area is 75.3 Å². The highest BCUT2D eigenvalue weighted by atomic mass is 16.6. The number of hydrogen-bond donors (Lipinski definition) is 0. The summed E-state index contributed by atoms with van der Waals surface area (Å²) in [6, 6.07) is 5.49. The van der Waals surface area contributed by atoms with Gasteiger partial charge in [0, 0.05) is 12.0 Å². The van der Waals surface area contributed by atoms with Crippen molar-refractivity contribution in [2.24, 2.45) is 0 Å². The maximum atomic E-state index is 11.3. The summed E-state index contributed by atoms with van der Waals surface area (Å²) in [6.45, 7) is 0.633. The summed E-state index contributed by atoms with van der Waals surface area (Å²) < 4.78 is 10.6. The summed E-state index contributed by atoms with van der Waals surface area (Å²) in [6.07, 6.45) is 0.711. The molecule has 0 unspecified atom stereocenters. The van der Waals surface area contributed by atoms with Crippen molar-refractivity contribution >= 4 is 5.97 Å². The lowest BCUT2D eigenvalue weighted by molar-refractivity contribution is 0.0304. The van der Waals surface area contributed by atoms with Crippen LogP contribution in [-0.2, 0) is 4.74 Å². The van der Waals surface area contributed by atoms with Crippen molar-refractivity contribution in [3.8, 4) is 5.75 Å². The lowest BCUT2D eigenvalue weighted by Crippen LogP contribution is -2.12. The summed E-state index contributed by atoms with van der Waals surface area (Å²) in [5, 5.41) is 0. The molecule has 2 aliphatic heterocycles. The Morgan fingerprint density at radius 3 is 3.23 bits per heavy atom. The van der Waals surface area contributed by atoms with Crippen LogP contribution in [0.2, 0.25) is 0 Å². The summed E-state index contributed by atoms with van der Waals surface area (Å²) in [4.78, 5) is 11.3. The first-order valence-electron chi connectivity index (χ1n) is 4.33. The predicted octanol–water partition coefficient (Wildman–Crippen LogP) is 1.68. The standard InChI is InChI=1S/C10H8O3/c11-10-6-2-1-3-7-9(6)8(13-10)4-5-12-7/h1-3,8H,4-5H2/t8-/m0/s1. The van der Waals surface area contributed by atoms with Gasteiger partial charge >= 0.3 is 5.97 Å². The highest BCUT2D eigenvalue weighted by molar-refractivity contribution is 5.95. The molecule has 2 aliphatic rings. The molecule has 0 radical (unpaired) electrons. The van der Waals surface area contributed by atoms with Gasteiger partial charge in [0.25, 0.3) is 0 Å². The van der Waals surface area contributed by atoms with Gasteiger partial charge in [0.2, 0.25) is 0 Å². The van der Waals surface area contributed by atoms with Crippen LogP contribution in [0.3, 0.4) is 0 Å². The van der Waals surface area contributed by atoms with Crippen LogP contribution in [0.5, 0.6) is 5.75 Å². The minimum atomic E-state index is -0.215. The lowest BCUT2D eigenvalue weighted by Gasteiger charge is -2.20. The van der Waals surface area contributed by atoms with E-state index in [1.807, 2.05) is 12.1 Å². The highest BCUT2D eigenvalue weighted by Gasteiger charge is 2.36. The molecule has 0 saturated carbocycles. The molecule has 0 fully saturated rings. The van der Waals surface area contributed by atoms with Crippen LogP contribution in [-0.4, -0.2) is 12.6 Å². The molecule has 0 aromatic heterocycles. The zero-order chi connectivity index (χ0) is 8.84. The number of hydrogen-bond acceptors (Lipinski definition) is 3. The summed E-state index contributed by atoms with van der Waals surface area (Å²) in [5.74, 6) is 0.590. The van der Waals surface area contributed by atoms with Crippen molar-refractivity contribution in [3.63, 3.8) is 0 Å². The smallest absolute Gasteiger partial charge is 0.339 e. The second-order valence-electron chi connectivity index (χ2n) is 3.25. The van der Waals surface area contributed by atoms with E-state index in [4.69, 9.17) is 9.47 Å². The van der Waals surface area contributed by atoms with Gasteiger partial charge in [-0.25, -0.2) is 4.79 Å². The van der Waals surface area contributed by atoms with Gasteiger partial charge in [0.15, 0.2) is 0 Å². The van der Waals surface area contributed by atoms with Crippen LogP contribution in [0.4, 0.5) is 0 Å². The molecule has 0 spiro atoms. The fourth-order valence-corrected chi connectivity index (χ4v) is 1.91. The molecule has 2 heterocycles. The lowest BCUT2D eigenvalue weighted by atomic mass is 10.0. The van der Waals surface area contributed by atoms with Crippen molar-refractivity contribution in [3.05, 3.63) is 29.3 Å². The Kier molecular flexibility index (Phi) is 1.20. The number of esters is 1. The minimum absolute atomic E-state index is 0.0625. The molecule has 0 amide bonds. The molecule has 3 rings (SSSR count). The van der Waals surface area contributed by atoms with E-state index in [0.29, 0.717) is 12.2 Å². The van der Waals surface area contributed by atoms with E-state index in [-0.39, 0.29) is 12.1 Å². The van der Waals surface area contributed by atoms with E-state index in [2.05, 4.69) is 0 Å². The molecule has 1 atom stereocenters. The number of rotatable bonds is 0. The zero-order valence-corrected chi connectivity index (χ0v) is 6.95. The van der Waals surface area contributed by atoms with Crippen LogP contribution in [0.15, 0.2) is 18.2 Å². The molecule has 0 N–H and O–H groups in total. The largest absolute Gasteiger partial charge is 0.493 e. The van der Waals surface area contributed by atoms with Crippen molar-refractivity contribution in [1.82, 2.24) is 0 Å². The van der Waals surface area contributed by atoms with E-state index >= 15 is 0 Å². The molecule has 3 heteroatoms. The first-order chi connectivity index (χ1) is 6.36. The summed E-state index contributed by atoms with van der Waals surface area (Å²) in [5.41, 5.74) is 1.61. The average molecular weight is 176 g/mol. The first-order valence-corrected chi connectivity index (χ1v) is 4.33. The van der Waals surface area contributed by atoms with Gasteiger partial charge in [-0.3, -0.25) is 0 Å². The van der Waals surface area contributed by atoms with E-state index in [9.17, 15) is 4.79 Å². The molecular formula is C10H8O3. The fraction of sp³-hybridized carbons (Fsp3) is 0.300. The third kappa shape index (κ3) is 0.813. The Hall–Kier alpha value is -1.51. The number of carbonyl (C=O) groups excluding carboxylic acids is 1. The van der Waals surface area contributed by atoms with Crippen molar-refractivity contribution in [2.75, 3.05) is 6.61 Å². The molecule has 1 aromatic carbocycles. The van der Waals surface area contributed by atoms with Gasteiger partial charge in [-0.15, -0.1) is 0 Å². The number of carbonyl (C=O) groups is 1. The van der Waals surface area contributed by atoms with Crippen LogP contribution in [0.1, 0.15) is 28.4 Å². The van der Waals surface area contributed by atoms with Gasteiger partial charge in [-0.1, -0.05) is 6.07 Å². The Morgan fingerprint density at radius 2 is 2.31 bits per heavy atom. The number of benzene rings is 1. The fourth-order valence-electron chi connectivity index (χ4n) is 1.91. The van der Waals surface area contributed by atoms with Crippen molar-refractivity contribution < 1.29 is 14.3 Å². The SMILES string of the molecule is O=C1O[C@H]2CCOc3cccc1c32. The topological polar surface area (TPSA) is 35.5 Å². The molecule has 1 aromatic rings. The summed E-state index contributed by atoms with van der Waals surface area (Å²) >= 11 is 0. The van der Waals surface area contributed by atoms with Crippen LogP contribution >= 0.6 is 0 Å². The molecular weight excluding hydrogens is 168 g/mol. The predicted molar refractivity (Wildman–Crippen MR) is 44.7 cm³/mol. The van der Waals surface area contributed by atoms with Gasteiger partial charge < -0.3 is 9.47 Å². The molecule has 66 valence electrons. The van der Waals surface area contributed by atoms with E-state index < -0.39 is 0 Å². The van der Waals surface area contributed by atoms with Crippen molar-refractivity contribution in [1.29, 1.82) is 0 Å². The Balaban J connectivity index is 2.28. The van der Waals surface area contributed by atoms with E-state index in [1.165, 1.54) is 0 Å². The molecule has 3 nitrogen and oxygen atoms in total. The molecule has 0 saturated heterocycles. The quantitative estimate of drug-likeness (QED) is 0.564. The van der Waals surface area contributed by atoms with Gasteiger partial charge in [-0.2, -0.15) is 0 Å². The first kappa shape index (κ1) is 6.95. The number of ether oxygens (including phenoxy) is 2. The third-order valence-electron chi connectivity index (χ3n) is 2.49. The molecule has 0 bridgehead atoms. The second-order valence-corrected chi connectivity index (χ2v) is 3.25. The molecule has 0 aliphatic carbocycles. The monoisotopic (exact) mass is 176 g/mol. The zero-order valence-electron chi connectivity index (χ0n) is 6.95. The Bertz CT molecular complexity index is 384. The minimum Gasteiger partial charge on any atom is -0.493 e. The van der Waals surface area contributed by atoms with Crippen LogP contribution in [0.25, 0.3) is 0 Å². The van der Waals surface area contributed by atoms with Crippen LogP contribution < -0.4 is 4.74 Å².